The van der Waals surface area contributed by atoms with Gasteiger partial charge in [-0.3, -0.25) is 14.1 Å². The Morgan fingerprint density at radius 3 is 2.97 bits per heavy atom. The van der Waals surface area contributed by atoms with Crippen LogP contribution in [-0.2, 0) is 6.42 Å². The number of hydrogen-bond acceptors (Lipinski definition) is 5. The van der Waals surface area contributed by atoms with E-state index in [4.69, 9.17) is 4.98 Å². The molecule has 0 aliphatic heterocycles. The Bertz CT molecular complexity index is 1430. The molecular formula is C21H17N7O. The lowest BCUT2D eigenvalue weighted by Gasteiger charge is -2.25. The number of nitrogens with one attached hydrogen (secondary N) is 1. The first-order chi connectivity index (χ1) is 14.3. The summed E-state index contributed by atoms with van der Waals surface area (Å²) in [4.78, 5) is 33.9. The van der Waals surface area contributed by atoms with Crippen molar-refractivity contribution in [1.29, 1.82) is 0 Å². The Morgan fingerprint density at radius 1 is 1.07 bits per heavy atom. The fraction of sp³-hybridized carbons (Fsp3) is 0.190. The molecule has 1 atom stereocenters. The third-order valence-corrected chi connectivity index (χ3v) is 5.60. The summed E-state index contributed by atoms with van der Waals surface area (Å²) in [5.41, 5.74) is 4.98. The van der Waals surface area contributed by atoms with Crippen LogP contribution in [0.15, 0.2) is 59.9 Å². The molecule has 8 heteroatoms. The summed E-state index contributed by atoms with van der Waals surface area (Å²) in [6, 6.07) is 11.7. The molecular weight excluding hydrogens is 366 g/mol. The maximum Gasteiger partial charge on any atom is 0.328 e. The molecule has 0 fully saturated rings. The minimum Gasteiger partial charge on any atom is -0.303 e. The quantitative estimate of drug-likeness (QED) is 0.506. The third-order valence-electron chi connectivity index (χ3n) is 5.60. The van der Waals surface area contributed by atoms with Gasteiger partial charge in [-0.25, -0.2) is 14.8 Å². The molecule has 0 bridgehead atoms. The number of imidazole rings is 2. The van der Waals surface area contributed by atoms with Gasteiger partial charge < -0.3 is 4.98 Å². The molecule has 0 amide bonds. The minimum atomic E-state index is -0.177. The number of benzene rings is 1. The number of fused-ring (bicyclic) bond motifs is 3. The first-order valence-corrected chi connectivity index (χ1v) is 9.63. The van der Waals surface area contributed by atoms with Crippen LogP contribution in [-0.4, -0.2) is 34.1 Å². The van der Waals surface area contributed by atoms with Crippen LogP contribution in [0.5, 0.6) is 0 Å². The number of hydrogen-bond donors (Lipinski definition) is 1. The van der Waals surface area contributed by atoms with Gasteiger partial charge in [-0.05, 0) is 43.0 Å². The van der Waals surface area contributed by atoms with E-state index in [1.54, 1.807) is 17.1 Å². The molecule has 8 nitrogen and oxygen atoms in total. The van der Waals surface area contributed by atoms with Gasteiger partial charge in [-0.15, -0.1) is 0 Å². The van der Waals surface area contributed by atoms with E-state index < -0.39 is 0 Å². The van der Waals surface area contributed by atoms with Crippen molar-refractivity contribution >= 4 is 22.2 Å². The van der Waals surface area contributed by atoms with E-state index in [0.717, 1.165) is 41.6 Å². The maximum atomic E-state index is 12.9. The van der Waals surface area contributed by atoms with E-state index in [0.29, 0.717) is 17.1 Å². The molecule has 4 aromatic heterocycles. The van der Waals surface area contributed by atoms with Crippen LogP contribution in [0.25, 0.3) is 28.1 Å². The molecule has 0 saturated heterocycles. The lowest BCUT2D eigenvalue weighted by molar-refractivity contribution is 0.481. The fourth-order valence-electron chi connectivity index (χ4n) is 4.28. The van der Waals surface area contributed by atoms with Crippen molar-refractivity contribution in [2.75, 3.05) is 0 Å². The van der Waals surface area contributed by atoms with E-state index >= 15 is 0 Å². The Hall–Kier alpha value is -3.81. The Labute approximate surface area is 164 Å². The molecule has 142 valence electrons. The molecule has 0 unspecified atom stereocenters. The number of aromatic nitrogens is 7. The monoisotopic (exact) mass is 383 g/mol. The van der Waals surface area contributed by atoms with Gasteiger partial charge >= 0.3 is 5.69 Å². The zero-order valence-electron chi connectivity index (χ0n) is 15.5. The topological polar surface area (TPSA) is 94.3 Å². The first kappa shape index (κ1) is 16.2. The molecule has 1 N–H and O–H groups in total. The predicted molar refractivity (Wildman–Crippen MR) is 108 cm³/mol. The molecule has 29 heavy (non-hydrogen) atoms. The van der Waals surface area contributed by atoms with Crippen LogP contribution in [0.4, 0.5) is 0 Å². The van der Waals surface area contributed by atoms with Crippen molar-refractivity contribution in [1.82, 2.24) is 34.1 Å². The second-order valence-electron chi connectivity index (χ2n) is 7.26. The number of H-pyrrole nitrogens is 1. The number of aryl methyl sites for hydroxylation is 1. The lowest BCUT2D eigenvalue weighted by Crippen LogP contribution is -2.27. The zero-order valence-corrected chi connectivity index (χ0v) is 15.5. The highest BCUT2D eigenvalue weighted by Crippen LogP contribution is 2.32. The van der Waals surface area contributed by atoms with Crippen LogP contribution in [0.3, 0.4) is 0 Å². The molecule has 6 rings (SSSR count). The number of rotatable bonds is 2. The average Bonchev–Trinajstić information content (AvgIpc) is 3.33. The Balaban J connectivity index is 1.57. The SMILES string of the molecule is O=c1[nH]c2cnc(-n3cnc4ccccc43)nc2n1[C@H]1CCCc2ncccc21. The Kier molecular flexibility index (Phi) is 3.40. The largest absolute Gasteiger partial charge is 0.328 e. The molecule has 0 radical (unpaired) electrons. The van der Waals surface area contributed by atoms with E-state index in [1.807, 2.05) is 41.1 Å². The average molecular weight is 383 g/mol. The summed E-state index contributed by atoms with van der Waals surface area (Å²) in [6.45, 7) is 0. The summed E-state index contributed by atoms with van der Waals surface area (Å²) in [7, 11) is 0. The summed E-state index contributed by atoms with van der Waals surface area (Å²) < 4.78 is 3.59. The predicted octanol–water partition coefficient (Wildman–Crippen LogP) is 2.78. The highest BCUT2D eigenvalue weighted by molar-refractivity contribution is 5.77. The van der Waals surface area contributed by atoms with Gasteiger partial charge in [0, 0.05) is 11.9 Å². The van der Waals surface area contributed by atoms with Crippen molar-refractivity contribution < 1.29 is 0 Å². The molecule has 0 spiro atoms. The second kappa shape index (κ2) is 6.10. The summed E-state index contributed by atoms with van der Waals surface area (Å²) in [6.07, 6.45) is 7.98. The summed E-state index contributed by atoms with van der Waals surface area (Å²) >= 11 is 0. The highest BCUT2D eigenvalue weighted by atomic mass is 16.1. The number of nitrogens with zero attached hydrogens (tertiary/aromatic N) is 6. The van der Waals surface area contributed by atoms with Crippen LogP contribution in [0.1, 0.15) is 30.1 Å². The number of para-hydroxylation sites is 2. The second-order valence-corrected chi connectivity index (χ2v) is 7.26. The van der Waals surface area contributed by atoms with Gasteiger partial charge in [0.1, 0.15) is 11.8 Å². The smallest absolute Gasteiger partial charge is 0.303 e. The lowest BCUT2D eigenvalue weighted by atomic mass is 9.91. The minimum absolute atomic E-state index is 0.0871. The fourth-order valence-corrected chi connectivity index (χ4v) is 4.28. The van der Waals surface area contributed by atoms with Gasteiger partial charge in [-0.1, -0.05) is 18.2 Å². The highest BCUT2D eigenvalue weighted by Gasteiger charge is 2.26. The molecule has 1 aromatic carbocycles. The van der Waals surface area contributed by atoms with Crippen molar-refractivity contribution in [2.45, 2.75) is 25.3 Å². The van der Waals surface area contributed by atoms with Crippen molar-refractivity contribution in [3.63, 3.8) is 0 Å². The third kappa shape index (κ3) is 2.42. The number of pyridine rings is 1. The van der Waals surface area contributed by atoms with Crippen molar-refractivity contribution in [3.05, 3.63) is 76.9 Å². The van der Waals surface area contributed by atoms with Gasteiger partial charge in [0.05, 0.1) is 23.3 Å². The molecule has 4 heterocycles. The van der Waals surface area contributed by atoms with Gasteiger partial charge in [0.2, 0.25) is 5.95 Å². The van der Waals surface area contributed by atoms with E-state index in [2.05, 4.69) is 26.0 Å². The summed E-state index contributed by atoms with van der Waals surface area (Å²) in [5.74, 6) is 0.487. The van der Waals surface area contributed by atoms with Gasteiger partial charge in [-0.2, -0.15) is 4.98 Å². The van der Waals surface area contributed by atoms with E-state index in [-0.39, 0.29) is 11.7 Å². The van der Waals surface area contributed by atoms with E-state index in [9.17, 15) is 4.79 Å². The molecule has 1 aliphatic rings. The van der Waals surface area contributed by atoms with Crippen LogP contribution in [0, 0.1) is 0 Å². The maximum absolute atomic E-state index is 12.9. The first-order valence-electron chi connectivity index (χ1n) is 9.63. The number of aromatic amines is 1. The molecule has 5 aromatic rings. The van der Waals surface area contributed by atoms with E-state index in [1.165, 1.54) is 0 Å². The normalized spacial score (nSPS) is 16.3. The molecule has 0 saturated carbocycles. The molecule has 1 aliphatic carbocycles. The summed E-state index contributed by atoms with van der Waals surface area (Å²) in [5, 5.41) is 0. The van der Waals surface area contributed by atoms with Crippen LogP contribution < -0.4 is 5.69 Å². The Morgan fingerprint density at radius 2 is 2.00 bits per heavy atom. The standard InChI is InChI=1S/C21H17N7O/c29-21-25-16-11-23-20(27-12-24-15-6-1-2-8-18(15)27)26-19(16)28(21)17-9-3-7-14-13(17)5-4-10-22-14/h1-2,4-6,8,10-12,17H,3,7,9H2,(H,25,29)/t17-/m0/s1. The van der Waals surface area contributed by atoms with Crippen molar-refractivity contribution in [2.24, 2.45) is 0 Å². The van der Waals surface area contributed by atoms with Crippen LogP contribution >= 0.6 is 0 Å². The van der Waals surface area contributed by atoms with Crippen LogP contribution in [0.2, 0.25) is 0 Å². The van der Waals surface area contributed by atoms with Gasteiger partial charge in [0.15, 0.2) is 5.65 Å². The van der Waals surface area contributed by atoms with Crippen molar-refractivity contribution in [3.8, 4) is 5.95 Å². The van der Waals surface area contributed by atoms with Gasteiger partial charge in [0.25, 0.3) is 0 Å². The zero-order chi connectivity index (χ0) is 19.4.